The lowest BCUT2D eigenvalue weighted by Crippen LogP contribution is -2.29. The lowest BCUT2D eigenvalue weighted by molar-refractivity contribution is 0.0952. The Bertz CT molecular complexity index is 907. The number of fused-ring (bicyclic) bond motifs is 1. The standard InChI is InChI=1S/C21H24N4O/c1-24-15-19(18-6-5-11-22-20(18)24)21(26)23-14-16-7-9-17(10-8-16)25-12-3-2-4-13-25/h5-11,15H,2-4,12-14H2,1H3,(H,23,26). The van der Waals surface area contributed by atoms with Crippen molar-refractivity contribution in [1.29, 1.82) is 0 Å². The van der Waals surface area contributed by atoms with Crippen molar-refractivity contribution in [3.8, 4) is 0 Å². The number of nitrogens with one attached hydrogen (secondary N) is 1. The highest BCUT2D eigenvalue weighted by molar-refractivity contribution is 6.06. The van der Waals surface area contributed by atoms with Gasteiger partial charge in [-0.1, -0.05) is 12.1 Å². The van der Waals surface area contributed by atoms with Gasteiger partial charge in [-0.3, -0.25) is 4.79 Å². The molecule has 0 radical (unpaired) electrons. The van der Waals surface area contributed by atoms with E-state index in [2.05, 4.69) is 39.5 Å². The second kappa shape index (κ2) is 7.20. The predicted octanol–water partition coefficient (Wildman–Crippen LogP) is 3.49. The van der Waals surface area contributed by atoms with Crippen LogP contribution in [0.2, 0.25) is 0 Å². The molecule has 1 saturated heterocycles. The van der Waals surface area contributed by atoms with E-state index in [0.717, 1.165) is 29.7 Å². The van der Waals surface area contributed by atoms with Gasteiger partial charge in [0, 0.05) is 50.1 Å². The SMILES string of the molecule is Cn1cc(C(=O)NCc2ccc(N3CCCCC3)cc2)c2cccnc21. The van der Waals surface area contributed by atoms with Crippen molar-refractivity contribution < 1.29 is 4.79 Å². The molecule has 0 bridgehead atoms. The van der Waals surface area contributed by atoms with E-state index in [0.29, 0.717) is 12.1 Å². The maximum absolute atomic E-state index is 12.6. The van der Waals surface area contributed by atoms with Crippen LogP contribution in [0.25, 0.3) is 11.0 Å². The highest BCUT2D eigenvalue weighted by atomic mass is 16.1. The Hall–Kier alpha value is -2.82. The topological polar surface area (TPSA) is 50.2 Å². The highest BCUT2D eigenvalue weighted by Crippen LogP contribution is 2.21. The predicted molar refractivity (Wildman–Crippen MR) is 104 cm³/mol. The maximum atomic E-state index is 12.6. The zero-order chi connectivity index (χ0) is 17.9. The van der Waals surface area contributed by atoms with Crippen LogP contribution in [0.3, 0.4) is 0 Å². The number of aryl methyl sites for hydroxylation is 1. The maximum Gasteiger partial charge on any atom is 0.253 e. The molecule has 1 aromatic carbocycles. The van der Waals surface area contributed by atoms with Gasteiger partial charge in [-0.05, 0) is 49.1 Å². The van der Waals surface area contributed by atoms with Crippen LogP contribution >= 0.6 is 0 Å². The number of rotatable bonds is 4. The molecule has 3 aromatic rings. The quantitative estimate of drug-likeness (QED) is 0.785. The van der Waals surface area contributed by atoms with E-state index < -0.39 is 0 Å². The van der Waals surface area contributed by atoms with Crippen LogP contribution in [0.5, 0.6) is 0 Å². The molecule has 1 fully saturated rings. The van der Waals surface area contributed by atoms with Crippen molar-refractivity contribution >= 4 is 22.6 Å². The second-order valence-corrected chi connectivity index (χ2v) is 6.93. The first-order chi connectivity index (χ1) is 12.7. The van der Waals surface area contributed by atoms with E-state index in [1.165, 1.54) is 24.9 Å². The summed E-state index contributed by atoms with van der Waals surface area (Å²) in [7, 11) is 1.91. The summed E-state index contributed by atoms with van der Waals surface area (Å²) in [5, 5.41) is 3.91. The number of hydrogen-bond acceptors (Lipinski definition) is 3. The van der Waals surface area contributed by atoms with Crippen molar-refractivity contribution in [2.75, 3.05) is 18.0 Å². The number of carbonyl (C=O) groups excluding carboxylic acids is 1. The fourth-order valence-electron chi connectivity index (χ4n) is 3.65. The van der Waals surface area contributed by atoms with Gasteiger partial charge in [-0.15, -0.1) is 0 Å². The molecule has 3 heterocycles. The lowest BCUT2D eigenvalue weighted by atomic mass is 10.1. The molecule has 26 heavy (non-hydrogen) atoms. The van der Waals surface area contributed by atoms with Crippen LogP contribution in [-0.2, 0) is 13.6 Å². The average molecular weight is 348 g/mol. The number of carbonyl (C=O) groups is 1. The Labute approximate surface area is 153 Å². The number of piperidine rings is 1. The third kappa shape index (κ3) is 3.29. The molecule has 1 amide bonds. The molecule has 134 valence electrons. The second-order valence-electron chi connectivity index (χ2n) is 6.93. The van der Waals surface area contributed by atoms with E-state index in [1.54, 1.807) is 6.20 Å². The van der Waals surface area contributed by atoms with Gasteiger partial charge in [0.2, 0.25) is 0 Å². The molecular weight excluding hydrogens is 324 g/mol. The summed E-state index contributed by atoms with van der Waals surface area (Å²) in [6.07, 6.45) is 7.47. The molecule has 2 aromatic heterocycles. The zero-order valence-corrected chi connectivity index (χ0v) is 15.1. The Morgan fingerprint density at radius 2 is 1.88 bits per heavy atom. The van der Waals surface area contributed by atoms with Crippen molar-refractivity contribution in [2.45, 2.75) is 25.8 Å². The summed E-state index contributed by atoms with van der Waals surface area (Å²) in [5.41, 5.74) is 3.88. The van der Waals surface area contributed by atoms with Crippen LogP contribution in [-0.4, -0.2) is 28.5 Å². The Morgan fingerprint density at radius 3 is 2.65 bits per heavy atom. The van der Waals surface area contributed by atoms with E-state index in [1.807, 2.05) is 29.9 Å². The van der Waals surface area contributed by atoms with Gasteiger partial charge in [0.05, 0.1) is 5.56 Å². The van der Waals surface area contributed by atoms with Crippen LogP contribution in [0.15, 0.2) is 48.8 Å². The molecule has 1 aliphatic heterocycles. The first-order valence-corrected chi connectivity index (χ1v) is 9.24. The summed E-state index contributed by atoms with van der Waals surface area (Å²) < 4.78 is 1.89. The van der Waals surface area contributed by atoms with Crippen LogP contribution in [0, 0.1) is 0 Å². The van der Waals surface area contributed by atoms with Gasteiger partial charge < -0.3 is 14.8 Å². The summed E-state index contributed by atoms with van der Waals surface area (Å²) in [4.78, 5) is 19.4. The molecular formula is C21H24N4O. The fraction of sp³-hybridized carbons (Fsp3) is 0.333. The van der Waals surface area contributed by atoms with Crippen LogP contribution in [0.4, 0.5) is 5.69 Å². The minimum Gasteiger partial charge on any atom is -0.372 e. The zero-order valence-electron chi connectivity index (χ0n) is 15.1. The number of benzene rings is 1. The molecule has 0 aliphatic carbocycles. The summed E-state index contributed by atoms with van der Waals surface area (Å²) in [5.74, 6) is -0.0660. The highest BCUT2D eigenvalue weighted by Gasteiger charge is 2.14. The average Bonchev–Trinajstić information content (AvgIpc) is 3.04. The van der Waals surface area contributed by atoms with Crippen molar-refractivity contribution in [2.24, 2.45) is 7.05 Å². The van der Waals surface area contributed by atoms with E-state index >= 15 is 0 Å². The third-order valence-electron chi connectivity index (χ3n) is 5.09. The van der Waals surface area contributed by atoms with Gasteiger partial charge in [-0.25, -0.2) is 4.98 Å². The van der Waals surface area contributed by atoms with E-state index in [4.69, 9.17) is 0 Å². The minimum absolute atomic E-state index is 0.0660. The van der Waals surface area contributed by atoms with Gasteiger partial charge in [0.25, 0.3) is 5.91 Å². The number of hydrogen-bond donors (Lipinski definition) is 1. The number of anilines is 1. The van der Waals surface area contributed by atoms with E-state index in [-0.39, 0.29) is 5.91 Å². The fourth-order valence-corrected chi connectivity index (χ4v) is 3.65. The third-order valence-corrected chi connectivity index (χ3v) is 5.09. The molecule has 0 unspecified atom stereocenters. The summed E-state index contributed by atoms with van der Waals surface area (Å²) in [6.45, 7) is 2.81. The van der Waals surface area contributed by atoms with Crippen LogP contribution in [0.1, 0.15) is 35.2 Å². The molecule has 0 spiro atoms. The lowest BCUT2D eigenvalue weighted by Gasteiger charge is -2.28. The smallest absolute Gasteiger partial charge is 0.253 e. The summed E-state index contributed by atoms with van der Waals surface area (Å²) >= 11 is 0. The molecule has 1 aliphatic rings. The molecule has 1 N–H and O–H groups in total. The monoisotopic (exact) mass is 348 g/mol. The number of nitrogens with zero attached hydrogens (tertiary/aromatic N) is 3. The van der Waals surface area contributed by atoms with Gasteiger partial charge in [-0.2, -0.15) is 0 Å². The molecule has 4 rings (SSSR count). The Morgan fingerprint density at radius 1 is 1.12 bits per heavy atom. The molecule has 0 saturated carbocycles. The van der Waals surface area contributed by atoms with Crippen molar-refractivity contribution in [1.82, 2.24) is 14.9 Å². The molecule has 5 nitrogen and oxygen atoms in total. The largest absolute Gasteiger partial charge is 0.372 e. The van der Waals surface area contributed by atoms with E-state index in [9.17, 15) is 4.79 Å². The first kappa shape index (κ1) is 16.6. The number of pyridine rings is 1. The normalized spacial score (nSPS) is 14.6. The van der Waals surface area contributed by atoms with Gasteiger partial charge >= 0.3 is 0 Å². The van der Waals surface area contributed by atoms with Crippen molar-refractivity contribution in [3.05, 3.63) is 59.9 Å². The molecule has 0 atom stereocenters. The molecule has 5 heteroatoms. The first-order valence-electron chi connectivity index (χ1n) is 9.24. The Kier molecular flexibility index (Phi) is 4.61. The number of aromatic nitrogens is 2. The summed E-state index contributed by atoms with van der Waals surface area (Å²) in [6, 6.07) is 12.3. The Balaban J connectivity index is 1.42. The van der Waals surface area contributed by atoms with Gasteiger partial charge in [0.15, 0.2) is 0 Å². The number of amides is 1. The minimum atomic E-state index is -0.0660. The van der Waals surface area contributed by atoms with Crippen molar-refractivity contribution in [3.63, 3.8) is 0 Å². The van der Waals surface area contributed by atoms with Crippen LogP contribution < -0.4 is 10.2 Å². The van der Waals surface area contributed by atoms with Gasteiger partial charge in [0.1, 0.15) is 5.65 Å².